The minimum Gasteiger partial charge on any atom is -0.343 e. The van der Waals surface area contributed by atoms with Crippen molar-refractivity contribution < 1.29 is 18.8 Å². The van der Waals surface area contributed by atoms with Crippen molar-refractivity contribution in [2.24, 2.45) is 0 Å². The second kappa shape index (κ2) is 9.74. The Kier molecular flexibility index (Phi) is 6.61. The maximum absolute atomic E-state index is 13.3. The molecule has 0 saturated carbocycles. The number of thiophene rings is 1. The molecule has 4 rings (SSSR count). The molecular formula is C24H22FN3O3S. The zero-order valence-corrected chi connectivity index (χ0v) is 18.0. The summed E-state index contributed by atoms with van der Waals surface area (Å²) in [6.45, 7) is 0.484. The van der Waals surface area contributed by atoms with Gasteiger partial charge in [-0.25, -0.2) is 4.39 Å². The lowest BCUT2D eigenvalue weighted by molar-refractivity contribution is -0.120. The van der Waals surface area contributed by atoms with Crippen molar-refractivity contribution in [2.75, 3.05) is 18.0 Å². The predicted octanol–water partition coefficient (Wildman–Crippen LogP) is 3.65. The third kappa shape index (κ3) is 5.03. The maximum Gasteiger partial charge on any atom is 0.251 e. The van der Waals surface area contributed by atoms with Crippen molar-refractivity contribution in [3.63, 3.8) is 0 Å². The molecule has 2 heterocycles. The summed E-state index contributed by atoms with van der Waals surface area (Å²) in [5.74, 6) is -1.01. The average Bonchev–Trinajstić information content (AvgIpc) is 3.49. The molecule has 1 saturated heterocycles. The molecule has 0 radical (unpaired) electrons. The van der Waals surface area contributed by atoms with Crippen LogP contribution < -0.4 is 15.5 Å². The quantitative estimate of drug-likeness (QED) is 0.576. The molecule has 1 aromatic heterocycles. The van der Waals surface area contributed by atoms with Crippen molar-refractivity contribution in [3.8, 4) is 0 Å². The van der Waals surface area contributed by atoms with Crippen LogP contribution in [0.5, 0.6) is 0 Å². The van der Waals surface area contributed by atoms with Gasteiger partial charge in [0.2, 0.25) is 11.8 Å². The van der Waals surface area contributed by atoms with Gasteiger partial charge in [0.05, 0.1) is 12.6 Å². The van der Waals surface area contributed by atoms with Crippen LogP contribution in [-0.4, -0.2) is 30.8 Å². The van der Waals surface area contributed by atoms with E-state index >= 15 is 0 Å². The summed E-state index contributed by atoms with van der Waals surface area (Å²) in [5, 5.41) is 7.42. The number of carbonyl (C=O) groups excluding carboxylic acids is 3. The lowest BCUT2D eigenvalue weighted by atomic mass is 10.1. The molecule has 8 heteroatoms. The summed E-state index contributed by atoms with van der Waals surface area (Å²) in [5.41, 5.74) is 1.92. The molecule has 1 atom stereocenters. The van der Waals surface area contributed by atoms with E-state index in [1.165, 1.54) is 23.5 Å². The summed E-state index contributed by atoms with van der Waals surface area (Å²) in [7, 11) is 0. The third-order valence-corrected chi connectivity index (χ3v) is 6.20. The van der Waals surface area contributed by atoms with Crippen LogP contribution in [0.15, 0.2) is 66.0 Å². The highest BCUT2D eigenvalue weighted by atomic mass is 32.1. The zero-order valence-electron chi connectivity index (χ0n) is 17.2. The third-order valence-electron chi connectivity index (χ3n) is 5.26. The standard InChI is InChI=1S/C24H22FN3O3S/c25-18-9-5-16(6-10-18)23(20-3-2-14-32-20)27-21(29)15-26-24(31)17-7-11-19(12-8-17)28-13-1-4-22(28)30/h2-3,5-12,14,23H,1,4,13,15H2,(H,26,31)(H,27,29). The first-order valence-corrected chi connectivity index (χ1v) is 11.2. The van der Waals surface area contributed by atoms with Gasteiger partial charge in [0, 0.05) is 29.1 Å². The molecule has 0 bridgehead atoms. The number of halogens is 1. The molecule has 1 aliphatic rings. The second-order valence-electron chi connectivity index (χ2n) is 7.45. The first-order valence-electron chi connectivity index (χ1n) is 10.3. The molecule has 3 aromatic rings. The van der Waals surface area contributed by atoms with Crippen LogP contribution in [0, 0.1) is 5.82 Å². The Balaban J connectivity index is 1.36. The summed E-state index contributed by atoms with van der Waals surface area (Å²) < 4.78 is 13.3. The summed E-state index contributed by atoms with van der Waals surface area (Å²) in [4.78, 5) is 39.5. The van der Waals surface area contributed by atoms with Gasteiger partial charge in [-0.2, -0.15) is 0 Å². The lowest BCUT2D eigenvalue weighted by Crippen LogP contribution is -2.38. The average molecular weight is 452 g/mol. The fourth-order valence-electron chi connectivity index (χ4n) is 3.62. The topological polar surface area (TPSA) is 78.5 Å². The first kappa shape index (κ1) is 21.7. The van der Waals surface area contributed by atoms with E-state index in [4.69, 9.17) is 0 Å². The smallest absolute Gasteiger partial charge is 0.251 e. The number of anilines is 1. The van der Waals surface area contributed by atoms with Gasteiger partial charge in [-0.1, -0.05) is 18.2 Å². The fourth-order valence-corrected chi connectivity index (χ4v) is 4.42. The Hall–Kier alpha value is -3.52. The highest BCUT2D eigenvalue weighted by Crippen LogP contribution is 2.26. The molecule has 164 valence electrons. The van der Waals surface area contributed by atoms with Gasteiger partial charge >= 0.3 is 0 Å². The number of nitrogens with one attached hydrogen (secondary N) is 2. The van der Waals surface area contributed by atoms with E-state index in [-0.39, 0.29) is 30.1 Å². The lowest BCUT2D eigenvalue weighted by Gasteiger charge is -2.18. The van der Waals surface area contributed by atoms with Crippen LogP contribution in [0.4, 0.5) is 10.1 Å². The van der Waals surface area contributed by atoms with Crippen molar-refractivity contribution in [3.05, 3.63) is 87.9 Å². The summed E-state index contributed by atoms with van der Waals surface area (Å²) >= 11 is 1.48. The van der Waals surface area contributed by atoms with E-state index in [9.17, 15) is 18.8 Å². The SMILES string of the molecule is O=C(CNC(=O)c1ccc(N2CCCC2=O)cc1)NC(c1ccc(F)cc1)c1cccs1. The molecule has 0 aliphatic carbocycles. The number of benzene rings is 2. The van der Waals surface area contributed by atoms with Gasteiger partial charge in [-0.3, -0.25) is 14.4 Å². The molecule has 2 aromatic carbocycles. The van der Waals surface area contributed by atoms with Crippen LogP contribution in [-0.2, 0) is 9.59 Å². The Bertz CT molecular complexity index is 1100. The molecule has 1 fully saturated rings. The Morgan fingerprint density at radius 2 is 1.81 bits per heavy atom. The summed E-state index contributed by atoms with van der Waals surface area (Å²) in [6.07, 6.45) is 1.38. The van der Waals surface area contributed by atoms with Crippen molar-refractivity contribution >= 4 is 34.7 Å². The molecule has 6 nitrogen and oxygen atoms in total. The largest absolute Gasteiger partial charge is 0.343 e. The second-order valence-corrected chi connectivity index (χ2v) is 8.43. The molecule has 1 aliphatic heterocycles. The normalized spacial score (nSPS) is 14.3. The van der Waals surface area contributed by atoms with Crippen LogP contribution >= 0.6 is 11.3 Å². The van der Waals surface area contributed by atoms with Crippen LogP contribution in [0.3, 0.4) is 0 Å². The number of hydrogen-bond donors (Lipinski definition) is 2. The van der Waals surface area contributed by atoms with Gasteiger partial charge in [-0.05, 0) is 59.8 Å². The first-order chi connectivity index (χ1) is 15.5. The number of rotatable bonds is 7. The van der Waals surface area contributed by atoms with Gasteiger partial charge in [0.1, 0.15) is 5.82 Å². The zero-order chi connectivity index (χ0) is 22.5. The Morgan fingerprint density at radius 3 is 2.44 bits per heavy atom. The predicted molar refractivity (Wildman–Crippen MR) is 121 cm³/mol. The van der Waals surface area contributed by atoms with Gasteiger partial charge < -0.3 is 15.5 Å². The minimum atomic E-state index is -0.433. The minimum absolute atomic E-state index is 0.0836. The number of carbonyl (C=O) groups is 3. The van der Waals surface area contributed by atoms with E-state index in [2.05, 4.69) is 10.6 Å². The molecular weight excluding hydrogens is 429 g/mol. The fraction of sp³-hybridized carbons (Fsp3) is 0.208. The Morgan fingerprint density at radius 1 is 1.06 bits per heavy atom. The molecule has 2 N–H and O–H groups in total. The summed E-state index contributed by atoms with van der Waals surface area (Å²) in [6, 6.07) is 16.1. The number of hydrogen-bond acceptors (Lipinski definition) is 4. The monoisotopic (exact) mass is 451 g/mol. The molecule has 3 amide bonds. The molecule has 32 heavy (non-hydrogen) atoms. The van der Waals surface area contributed by atoms with Crippen molar-refractivity contribution in [2.45, 2.75) is 18.9 Å². The van der Waals surface area contributed by atoms with Crippen LogP contribution in [0.1, 0.15) is 39.7 Å². The molecule has 1 unspecified atom stereocenters. The van der Waals surface area contributed by atoms with E-state index in [1.807, 2.05) is 17.5 Å². The van der Waals surface area contributed by atoms with Crippen molar-refractivity contribution in [1.29, 1.82) is 0 Å². The van der Waals surface area contributed by atoms with Crippen LogP contribution in [0.2, 0.25) is 0 Å². The van der Waals surface area contributed by atoms with Crippen LogP contribution in [0.25, 0.3) is 0 Å². The van der Waals surface area contributed by atoms with Gasteiger partial charge in [-0.15, -0.1) is 11.3 Å². The van der Waals surface area contributed by atoms with Gasteiger partial charge in [0.15, 0.2) is 0 Å². The van der Waals surface area contributed by atoms with Gasteiger partial charge in [0.25, 0.3) is 5.91 Å². The van der Waals surface area contributed by atoms with Crippen molar-refractivity contribution in [1.82, 2.24) is 10.6 Å². The number of amides is 3. The van der Waals surface area contributed by atoms with E-state index in [0.717, 1.165) is 22.5 Å². The maximum atomic E-state index is 13.3. The van der Waals surface area contributed by atoms with E-state index < -0.39 is 6.04 Å². The van der Waals surface area contributed by atoms with E-state index in [1.54, 1.807) is 41.3 Å². The highest BCUT2D eigenvalue weighted by Gasteiger charge is 2.22. The molecule has 0 spiro atoms. The number of nitrogens with zero attached hydrogens (tertiary/aromatic N) is 1. The Labute approximate surface area is 189 Å². The highest BCUT2D eigenvalue weighted by molar-refractivity contribution is 7.10. The van der Waals surface area contributed by atoms with E-state index in [0.29, 0.717) is 18.5 Å².